The Balaban J connectivity index is 1.53. The highest BCUT2D eigenvalue weighted by Gasteiger charge is 2.20. The molecule has 0 unspecified atom stereocenters. The molecule has 2 aromatic rings. The molecule has 0 aromatic heterocycles. The molecule has 7 heteroatoms. The zero-order valence-corrected chi connectivity index (χ0v) is 19.1. The fraction of sp³-hybridized carbons (Fsp3) is 0.400. The molecule has 1 fully saturated rings. The van der Waals surface area contributed by atoms with E-state index in [0.717, 1.165) is 37.2 Å². The van der Waals surface area contributed by atoms with Gasteiger partial charge in [0, 0.05) is 48.7 Å². The summed E-state index contributed by atoms with van der Waals surface area (Å²) in [5, 5.41) is 5.97. The number of anilines is 2. The van der Waals surface area contributed by atoms with Crippen LogP contribution in [0.2, 0.25) is 0 Å². The minimum atomic E-state index is -0.190. The fourth-order valence-electron chi connectivity index (χ4n) is 3.87. The summed E-state index contributed by atoms with van der Waals surface area (Å²) in [4.78, 5) is 40.9. The lowest BCUT2D eigenvalue weighted by Crippen LogP contribution is -2.30. The zero-order chi connectivity index (χ0) is 23.1. The number of benzene rings is 2. The highest BCUT2D eigenvalue weighted by Crippen LogP contribution is 2.20. The van der Waals surface area contributed by atoms with E-state index in [9.17, 15) is 14.4 Å². The molecule has 1 aliphatic rings. The van der Waals surface area contributed by atoms with Crippen molar-refractivity contribution in [2.24, 2.45) is 0 Å². The van der Waals surface area contributed by atoms with Gasteiger partial charge in [0.2, 0.25) is 5.91 Å². The predicted octanol–water partition coefficient (Wildman–Crippen LogP) is 3.76. The van der Waals surface area contributed by atoms with Crippen LogP contribution in [0.4, 0.5) is 11.4 Å². The van der Waals surface area contributed by atoms with Crippen LogP contribution in [-0.4, -0.2) is 60.2 Å². The molecule has 2 N–H and O–H groups in total. The summed E-state index contributed by atoms with van der Waals surface area (Å²) in [6.45, 7) is 8.88. The van der Waals surface area contributed by atoms with Crippen LogP contribution in [0.3, 0.4) is 0 Å². The van der Waals surface area contributed by atoms with E-state index >= 15 is 0 Å². The van der Waals surface area contributed by atoms with E-state index in [1.54, 1.807) is 35.2 Å². The minimum absolute atomic E-state index is 0.0170. The Morgan fingerprint density at radius 3 is 2.16 bits per heavy atom. The zero-order valence-electron chi connectivity index (χ0n) is 19.1. The van der Waals surface area contributed by atoms with Crippen molar-refractivity contribution in [3.63, 3.8) is 0 Å². The molecular formula is C25H32N4O3. The third-order valence-corrected chi connectivity index (χ3v) is 5.77. The van der Waals surface area contributed by atoms with Gasteiger partial charge in [0.15, 0.2) is 0 Å². The molecular weight excluding hydrogens is 404 g/mol. The van der Waals surface area contributed by atoms with Gasteiger partial charge in [-0.25, -0.2) is 0 Å². The number of nitrogens with one attached hydrogen (secondary N) is 2. The molecule has 170 valence electrons. The van der Waals surface area contributed by atoms with Gasteiger partial charge >= 0.3 is 0 Å². The van der Waals surface area contributed by atoms with Crippen molar-refractivity contribution < 1.29 is 14.4 Å². The number of rotatable bonds is 8. The molecule has 0 radical (unpaired) electrons. The van der Waals surface area contributed by atoms with Crippen LogP contribution >= 0.6 is 0 Å². The molecule has 2 aromatic carbocycles. The average Bonchev–Trinajstić information content (AvgIpc) is 3.34. The third kappa shape index (κ3) is 5.66. The highest BCUT2D eigenvalue weighted by atomic mass is 16.2. The molecule has 0 aliphatic carbocycles. The first-order valence-electron chi connectivity index (χ1n) is 11.3. The molecule has 1 saturated heterocycles. The predicted molar refractivity (Wildman–Crippen MR) is 127 cm³/mol. The number of hydrogen-bond acceptors (Lipinski definition) is 4. The number of amides is 3. The first kappa shape index (κ1) is 23.3. The van der Waals surface area contributed by atoms with Crippen LogP contribution in [0, 0.1) is 6.92 Å². The van der Waals surface area contributed by atoms with E-state index in [1.165, 1.54) is 0 Å². The Kier molecular flexibility index (Phi) is 7.87. The van der Waals surface area contributed by atoms with E-state index < -0.39 is 0 Å². The van der Waals surface area contributed by atoms with Gasteiger partial charge in [0.1, 0.15) is 0 Å². The second kappa shape index (κ2) is 10.8. The van der Waals surface area contributed by atoms with Crippen molar-refractivity contribution in [2.75, 3.05) is 43.4 Å². The minimum Gasteiger partial charge on any atom is -0.376 e. The molecule has 1 heterocycles. The second-order valence-electron chi connectivity index (χ2n) is 7.99. The Hall–Kier alpha value is -3.35. The van der Waals surface area contributed by atoms with E-state index in [2.05, 4.69) is 10.6 Å². The number of carbonyl (C=O) groups excluding carboxylic acids is 3. The normalized spacial score (nSPS) is 13.0. The lowest BCUT2D eigenvalue weighted by atomic mass is 10.1. The van der Waals surface area contributed by atoms with Crippen LogP contribution in [0.15, 0.2) is 42.5 Å². The first-order valence-corrected chi connectivity index (χ1v) is 11.3. The maximum atomic E-state index is 12.5. The van der Waals surface area contributed by atoms with Crippen molar-refractivity contribution in [1.82, 2.24) is 9.80 Å². The summed E-state index contributed by atoms with van der Waals surface area (Å²) in [6.07, 6.45) is 2.13. The first-order chi connectivity index (χ1) is 15.4. The molecule has 7 nitrogen and oxygen atoms in total. The van der Waals surface area contributed by atoms with Gasteiger partial charge in [0.25, 0.3) is 11.8 Å². The van der Waals surface area contributed by atoms with Gasteiger partial charge in [-0.3, -0.25) is 14.4 Å². The summed E-state index contributed by atoms with van der Waals surface area (Å²) < 4.78 is 0. The van der Waals surface area contributed by atoms with Crippen molar-refractivity contribution in [1.29, 1.82) is 0 Å². The molecule has 0 spiro atoms. The third-order valence-electron chi connectivity index (χ3n) is 5.77. The molecule has 1 aliphatic heterocycles. The van der Waals surface area contributed by atoms with Gasteiger partial charge in [0.05, 0.1) is 6.54 Å². The Morgan fingerprint density at radius 2 is 1.56 bits per heavy atom. The van der Waals surface area contributed by atoms with Crippen LogP contribution in [0.25, 0.3) is 0 Å². The van der Waals surface area contributed by atoms with Gasteiger partial charge in [-0.15, -0.1) is 0 Å². The number of aryl methyl sites for hydroxylation is 1. The number of likely N-dealkylation sites (tertiary alicyclic amines) is 1. The van der Waals surface area contributed by atoms with Crippen LogP contribution in [-0.2, 0) is 4.79 Å². The lowest BCUT2D eigenvalue weighted by molar-refractivity contribution is -0.114. The van der Waals surface area contributed by atoms with E-state index in [1.807, 2.05) is 37.8 Å². The van der Waals surface area contributed by atoms with Gasteiger partial charge in [-0.2, -0.15) is 0 Å². The standard InChI is InChI=1S/C25H32N4O3/c1-4-28(5-2)24(31)19-8-11-21(12-9-19)27-23(30)17-26-22-13-10-20(16-18(22)3)25(32)29-14-6-7-15-29/h8-13,16,26H,4-7,14-15,17H2,1-3H3,(H,27,30). The smallest absolute Gasteiger partial charge is 0.253 e. The lowest BCUT2D eigenvalue weighted by Gasteiger charge is -2.18. The molecule has 0 bridgehead atoms. The van der Waals surface area contributed by atoms with Gasteiger partial charge in [-0.1, -0.05) is 0 Å². The summed E-state index contributed by atoms with van der Waals surface area (Å²) in [6, 6.07) is 12.4. The second-order valence-corrected chi connectivity index (χ2v) is 7.99. The number of nitrogens with zero attached hydrogens (tertiary/aromatic N) is 2. The van der Waals surface area contributed by atoms with Crippen LogP contribution < -0.4 is 10.6 Å². The monoisotopic (exact) mass is 436 g/mol. The highest BCUT2D eigenvalue weighted by molar-refractivity contribution is 5.97. The Labute approximate surface area is 189 Å². The SMILES string of the molecule is CCN(CC)C(=O)c1ccc(NC(=O)CNc2ccc(C(=O)N3CCCC3)cc2C)cc1. The van der Waals surface area contributed by atoms with Crippen LogP contribution in [0.1, 0.15) is 53.0 Å². The molecule has 3 rings (SSSR count). The largest absolute Gasteiger partial charge is 0.376 e. The maximum absolute atomic E-state index is 12.5. The van der Waals surface area contributed by atoms with Crippen molar-refractivity contribution in [2.45, 2.75) is 33.6 Å². The van der Waals surface area contributed by atoms with Gasteiger partial charge in [-0.05, 0) is 81.6 Å². The van der Waals surface area contributed by atoms with E-state index in [4.69, 9.17) is 0 Å². The van der Waals surface area contributed by atoms with E-state index in [-0.39, 0.29) is 24.3 Å². The molecule has 32 heavy (non-hydrogen) atoms. The molecule has 3 amide bonds. The summed E-state index contributed by atoms with van der Waals surface area (Å²) in [5.41, 5.74) is 3.65. The summed E-state index contributed by atoms with van der Waals surface area (Å²) in [7, 11) is 0. The summed E-state index contributed by atoms with van der Waals surface area (Å²) >= 11 is 0. The summed E-state index contributed by atoms with van der Waals surface area (Å²) in [5.74, 6) is -0.140. The molecule has 0 saturated carbocycles. The van der Waals surface area contributed by atoms with Gasteiger partial charge < -0.3 is 20.4 Å². The van der Waals surface area contributed by atoms with Crippen LogP contribution in [0.5, 0.6) is 0 Å². The topological polar surface area (TPSA) is 81.8 Å². The number of carbonyl (C=O) groups is 3. The Bertz CT molecular complexity index is 962. The van der Waals surface area contributed by atoms with Crippen molar-refractivity contribution in [3.8, 4) is 0 Å². The maximum Gasteiger partial charge on any atom is 0.253 e. The molecule has 0 atom stereocenters. The van der Waals surface area contributed by atoms with E-state index in [0.29, 0.717) is 29.9 Å². The Morgan fingerprint density at radius 1 is 0.938 bits per heavy atom. The quantitative estimate of drug-likeness (QED) is 0.660. The van der Waals surface area contributed by atoms with Crippen molar-refractivity contribution in [3.05, 3.63) is 59.2 Å². The fourth-order valence-corrected chi connectivity index (χ4v) is 3.87. The number of hydrogen-bond donors (Lipinski definition) is 2. The average molecular weight is 437 g/mol. The van der Waals surface area contributed by atoms with Crippen molar-refractivity contribution >= 4 is 29.1 Å².